The van der Waals surface area contributed by atoms with E-state index < -0.39 is 17.9 Å². The van der Waals surface area contributed by atoms with Gasteiger partial charge in [0.1, 0.15) is 28.9 Å². The number of hydrogen-bond donors (Lipinski definition) is 0. The molecule has 132 valence electrons. The summed E-state index contributed by atoms with van der Waals surface area (Å²) in [5.41, 5.74) is 1.65. The number of halogens is 2. The molecule has 2 aromatic heterocycles. The molecule has 0 amide bonds. The number of esters is 1. The highest BCUT2D eigenvalue weighted by molar-refractivity contribution is 6.30. The van der Waals surface area contributed by atoms with Gasteiger partial charge in [0.05, 0.1) is 18.4 Å². The maximum atomic E-state index is 13.4. The standard InChI is InChI=1S/C18H12ClFN2O4/c1-24-18-21-15(12-3-2-6-25-12)14-16(22-18)13(26-17(14)23)8-9-4-5-11(20)10(19)7-9/h2-7,13H,8H2,1H3. The van der Waals surface area contributed by atoms with E-state index in [0.29, 0.717) is 22.7 Å². The number of carbonyl (C=O) groups excluding carboxylic acids is 1. The Morgan fingerprint density at radius 1 is 1.31 bits per heavy atom. The van der Waals surface area contributed by atoms with Crippen molar-refractivity contribution >= 4 is 17.6 Å². The monoisotopic (exact) mass is 374 g/mol. The van der Waals surface area contributed by atoms with Crippen LogP contribution in [0.1, 0.15) is 27.7 Å². The quantitative estimate of drug-likeness (QED) is 0.643. The summed E-state index contributed by atoms with van der Waals surface area (Å²) < 4.78 is 29.3. The molecule has 0 N–H and O–H groups in total. The second-order valence-electron chi connectivity index (χ2n) is 5.64. The van der Waals surface area contributed by atoms with Gasteiger partial charge < -0.3 is 13.9 Å². The van der Waals surface area contributed by atoms with Crippen LogP contribution < -0.4 is 4.74 Å². The number of furan rings is 1. The SMILES string of the molecule is COc1nc(-c2ccco2)c2c(n1)C(Cc1ccc(F)c(Cl)c1)OC2=O. The van der Waals surface area contributed by atoms with Gasteiger partial charge in [0.15, 0.2) is 5.76 Å². The van der Waals surface area contributed by atoms with Crippen molar-refractivity contribution in [1.82, 2.24) is 9.97 Å². The zero-order valence-electron chi connectivity index (χ0n) is 13.5. The average Bonchev–Trinajstić information content (AvgIpc) is 3.26. The smallest absolute Gasteiger partial charge is 0.343 e. The summed E-state index contributed by atoms with van der Waals surface area (Å²) in [5.74, 6) is -0.653. The Balaban J connectivity index is 1.77. The summed E-state index contributed by atoms with van der Waals surface area (Å²) in [5, 5.41) is 0.00332. The highest BCUT2D eigenvalue weighted by Gasteiger charge is 2.38. The Kier molecular flexibility index (Phi) is 4.08. The van der Waals surface area contributed by atoms with E-state index in [0.717, 1.165) is 0 Å². The number of cyclic esters (lactones) is 1. The van der Waals surface area contributed by atoms with Crippen molar-refractivity contribution < 1.29 is 23.1 Å². The second kappa shape index (κ2) is 6.42. The number of ether oxygens (including phenoxy) is 2. The number of hydrogen-bond acceptors (Lipinski definition) is 6. The zero-order chi connectivity index (χ0) is 18.3. The molecule has 1 atom stereocenters. The number of rotatable bonds is 4. The Morgan fingerprint density at radius 3 is 2.85 bits per heavy atom. The van der Waals surface area contributed by atoms with Gasteiger partial charge in [-0.05, 0) is 29.8 Å². The fourth-order valence-electron chi connectivity index (χ4n) is 2.84. The minimum absolute atomic E-state index is 0.00332. The van der Waals surface area contributed by atoms with E-state index in [1.807, 2.05) is 0 Å². The van der Waals surface area contributed by atoms with Gasteiger partial charge in [-0.1, -0.05) is 17.7 Å². The van der Waals surface area contributed by atoms with Crippen LogP contribution in [0.25, 0.3) is 11.5 Å². The van der Waals surface area contributed by atoms with Crippen LogP contribution >= 0.6 is 11.6 Å². The Hall–Kier alpha value is -2.93. The highest BCUT2D eigenvalue weighted by atomic mass is 35.5. The maximum absolute atomic E-state index is 13.4. The van der Waals surface area contributed by atoms with Crippen molar-refractivity contribution in [2.45, 2.75) is 12.5 Å². The van der Waals surface area contributed by atoms with Crippen molar-refractivity contribution in [2.75, 3.05) is 7.11 Å². The molecule has 1 aromatic carbocycles. The van der Waals surface area contributed by atoms with Gasteiger partial charge in [-0.2, -0.15) is 9.97 Å². The number of carbonyl (C=O) groups is 1. The molecule has 4 rings (SSSR count). The molecule has 0 radical (unpaired) electrons. The molecule has 0 aliphatic carbocycles. The van der Waals surface area contributed by atoms with E-state index in [1.165, 1.54) is 25.5 Å². The molecule has 1 aliphatic heterocycles. The Morgan fingerprint density at radius 2 is 2.15 bits per heavy atom. The van der Waals surface area contributed by atoms with Gasteiger partial charge in [-0.15, -0.1) is 0 Å². The summed E-state index contributed by atoms with van der Waals surface area (Å²) in [6.45, 7) is 0. The zero-order valence-corrected chi connectivity index (χ0v) is 14.3. The largest absolute Gasteiger partial charge is 0.467 e. The fourth-order valence-corrected chi connectivity index (χ4v) is 3.04. The number of methoxy groups -OCH3 is 1. The fraction of sp³-hybridized carbons (Fsp3) is 0.167. The molecule has 0 saturated heterocycles. The first-order valence-corrected chi connectivity index (χ1v) is 8.09. The van der Waals surface area contributed by atoms with Gasteiger partial charge >= 0.3 is 12.0 Å². The van der Waals surface area contributed by atoms with Gasteiger partial charge in [0.25, 0.3) is 0 Å². The molecule has 0 fully saturated rings. The third kappa shape index (κ3) is 2.80. The molecule has 3 aromatic rings. The highest BCUT2D eigenvalue weighted by Crippen LogP contribution is 2.38. The maximum Gasteiger partial charge on any atom is 0.343 e. The van der Waals surface area contributed by atoms with Crippen molar-refractivity contribution in [2.24, 2.45) is 0 Å². The van der Waals surface area contributed by atoms with Crippen molar-refractivity contribution in [3.63, 3.8) is 0 Å². The first-order chi connectivity index (χ1) is 12.6. The third-order valence-corrected chi connectivity index (χ3v) is 4.31. The van der Waals surface area contributed by atoms with Crippen LogP contribution in [0.4, 0.5) is 4.39 Å². The minimum atomic E-state index is -0.662. The van der Waals surface area contributed by atoms with E-state index in [4.69, 9.17) is 25.5 Å². The summed E-state index contributed by atoms with van der Waals surface area (Å²) in [4.78, 5) is 20.9. The van der Waals surface area contributed by atoms with Crippen molar-refractivity contribution in [1.29, 1.82) is 0 Å². The van der Waals surface area contributed by atoms with E-state index in [1.54, 1.807) is 18.2 Å². The Bertz CT molecular complexity index is 991. The van der Waals surface area contributed by atoms with Crippen molar-refractivity contribution in [3.05, 3.63) is 64.3 Å². The lowest BCUT2D eigenvalue weighted by molar-refractivity contribution is 0.0382. The average molecular weight is 375 g/mol. The van der Waals surface area contributed by atoms with Crippen molar-refractivity contribution in [3.8, 4) is 17.5 Å². The van der Waals surface area contributed by atoms with Gasteiger partial charge in [0.2, 0.25) is 0 Å². The minimum Gasteiger partial charge on any atom is -0.467 e. The van der Waals surface area contributed by atoms with Gasteiger partial charge in [-0.3, -0.25) is 0 Å². The molecule has 0 saturated carbocycles. The lowest BCUT2D eigenvalue weighted by atomic mass is 10.0. The van der Waals surface area contributed by atoms with Crippen LogP contribution in [0, 0.1) is 5.82 Å². The summed E-state index contributed by atoms with van der Waals surface area (Å²) in [7, 11) is 1.43. The molecule has 1 unspecified atom stereocenters. The van der Waals surface area contributed by atoms with Crippen LogP contribution in [-0.2, 0) is 11.2 Å². The third-order valence-electron chi connectivity index (χ3n) is 4.02. The summed E-state index contributed by atoms with van der Waals surface area (Å²) in [6.07, 6.45) is 1.11. The van der Waals surface area contributed by atoms with Crippen LogP contribution in [0.2, 0.25) is 5.02 Å². The van der Waals surface area contributed by atoms with Crippen LogP contribution in [0.3, 0.4) is 0 Å². The molecule has 8 heteroatoms. The molecular formula is C18H12ClFN2O4. The lowest BCUT2D eigenvalue weighted by Gasteiger charge is -2.11. The first kappa shape index (κ1) is 16.5. The molecule has 6 nitrogen and oxygen atoms in total. The lowest BCUT2D eigenvalue weighted by Crippen LogP contribution is -2.06. The molecule has 3 heterocycles. The number of nitrogens with zero attached hydrogens (tertiary/aromatic N) is 2. The number of aromatic nitrogens is 2. The van der Waals surface area contributed by atoms with E-state index in [9.17, 15) is 9.18 Å². The summed E-state index contributed by atoms with van der Waals surface area (Å²) in [6, 6.07) is 7.81. The molecule has 0 spiro atoms. The van der Waals surface area contributed by atoms with E-state index in [2.05, 4.69) is 9.97 Å². The molecule has 0 bridgehead atoms. The van der Waals surface area contributed by atoms with Crippen LogP contribution in [0.5, 0.6) is 6.01 Å². The summed E-state index contributed by atoms with van der Waals surface area (Å²) >= 11 is 5.83. The second-order valence-corrected chi connectivity index (χ2v) is 6.05. The van der Waals surface area contributed by atoms with E-state index >= 15 is 0 Å². The predicted molar refractivity (Wildman–Crippen MR) is 89.6 cm³/mol. The molecule has 1 aliphatic rings. The predicted octanol–water partition coefficient (Wildman–Crippen LogP) is 3.99. The van der Waals surface area contributed by atoms with Gasteiger partial charge in [-0.25, -0.2) is 9.18 Å². The number of benzene rings is 1. The van der Waals surface area contributed by atoms with E-state index in [-0.39, 0.29) is 23.0 Å². The normalized spacial score (nSPS) is 15.7. The number of fused-ring (bicyclic) bond motifs is 1. The first-order valence-electron chi connectivity index (χ1n) is 7.71. The topological polar surface area (TPSA) is 74.5 Å². The van der Waals surface area contributed by atoms with Crippen LogP contribution in [0.15, 0.2) is 41.0 Å². The Labute approximate surface area is 152 Å². The van der Waals surface area contributed by atoms with Gasteiger partial charge in [0, 0.05) is 6.42 Å². The molecular weight excluding hydrogens is 363 g/mol. The van der Waals surface area contributed by atoms with Crippen LogP contribution in [-0.4, -0.2) is 23.0 Å². The molecule has 26 heavy (non-hydrogen) atoms.